The Labute approximate surface area is 95.5 Å². The monoisotopic (exact) mass is 223 g/mol. The van der Waals surface area contributed by atoms with Crippen LogP contribution < -0.4 is 5.32 Å². The number of hydrogen-bond acceptors (Lipinski definition) is 3. The van der Waals surface area contributed by atoms with Crippen LogP contribution in [0.5, 0.6) is 0 Å². The second kappa shape index (κ2) is 4.87. The third-order valence-electron chi connectivity index (χ3n) is 3.20. The van der Waals surface area contributed by atoms with E-state index in [0.717, 1.165) is 13.0 Å². The molecule has 16 heavy (non-hydrogen) atoms. The van der Waals surface area contributed by atoms with E-state index in [2.05, 4.69) is 15.3 Å². The Balaban J connectivity index is 2.01. The quantitative estimate of drug-likeness (QED) is 0.853. The molecule has 88 valence electrons. The molecule has 1 aliphatic heterocycles. The summed E-state index contributed by atoms with van der Waals surface area (Å²) in [7, 11) is 0. The lowest BCUT2D eigenvalue weighted by Gasteiger charge is -2.29. The zero-order valence-electron chi connectivity index (χ0n) is 9.62. The van der Waals surface area contributed by atoms with Gasteiger partial charge in [0, 0.05) is 30.4 Å². The SMILES string of the molecule is CC(F)(CC1CCCCN1)c1cncnc1. The van der Waals surface area contributed by atoms with Gasteiger partial charge in [-0.2, -0.15) is 0 Å². The molecule has 2 rings (SSSR count). The van der Waals surface area contributed by atoms with Crippen molar-refractivity contribution in [2.45, 2.75) is 44.3 Å². The first-order valence-electron chi connectivity index (χ1n) is 5.86. The molecule has 0 saturated carbocycles. The molecular weight excluding hydrogens is 205 g/mol. The highest BCUT2D eigenvalue weighted by Crippen LogP contribution is 2.31. The molecule has 0 amide bonds. The molecule has 1 fully saturated rings. The summed E-state index contributed by atoms with van der Waals surface area (Å²) in [5.41, 5.74) is -0.765. The van der Waals surface area contributed by atoms with Crippen molar-refractivity contribution in [2.75, 3.05) is 6.54 Å². The third kappa shape index (κ3) is 2.76. The van der Waals surface area contributed by atoms with Crippen molar-refractivity contribution in [3.63, 3.8) is 0 Å². The molecule has 2 heterocycles. The van der Waals surface area contributed by atoms with E-state index < -0.39 is 5.67 Å². The molecule has 1 N–H and O–H groups in total. The Morgan fingerprint density at radius 1 is 1.44 bits per heavy atom. The van der Waals surface area contributed by atoms with Crippen LogP contribution in [0.1, 0.15) is 38.2 Å². The Bertz CT molecular complexity index is 320. The van der Waals surface area contributed by atoms with Gasteiger partial charge in [-0.05, 0) is 26.3 Å². The van der Waals surface area contributed by atoms with E-state index in [-0.39, 0.29) is 6.04 Å². The first kappa shape index (κ1) is 11.5. The van der Waals surface area contributed by atoms with Gasteiger partial charge >= 0.3 is 0 Å². The van der Waals surface area contributed by atoms with Crippen LogP contribution in [0.2, 0.25) is 0 Å². The van der Waals surface area contributed by atoms with Gasteiger partial charge < -0.3 is 5.32 Å². The largest absolute Gasteiger partial charge is 0.314 e. The van der Waals surface area contributed by atoms with Crippen molar-refractivity contribution in [3.8, 4) is 0 Å². The minimum Gasteiger partial charge on any atom is -0.314 e. The number of aromatic nitrogens is 2. The number of piperidine rings is 1. The molecule has 0 bridgehead atoms. The van der Waals surface area contributed by atoms with Crippen LogP contribution in [0.15, 0.2) is 18.7 Å². The summed E-state index contributed by atoms with van der Waals surface area (Å²) in [5.74, 6) is 0. The van der Waals surface area contributed by atoms with Gasteiger partial charge in [0.1, 0.15) is 12.0 Å². The standard InChI is InChI=1S/C12H18FN3/c1-12(13,10-7-14-9-15-8-10)6-11-4-2-3-5-16-11/h7-9,11,16H,2-6H2,1H3. The summed E-state index contributed by atoms with van der Waals surface area (Å²) in [6.07, 6.45) is 8.52. The summed E-state index contributed by atoms with van der Waals surface area (Å²) < 4.78 is 14.5. The first-order valence-corrected chi connectivity index (χ1v) is 5.86. The zero-order valence-corrected chi connectivity index (χ0v) is 9.62. The second-order valence-corrected chi connectivity index (χ2v) is 4.68. The van der Waals surface area contributed by atoms with Gasteiger partial charge in [0.15, 0.2) is 0 Å². The van der Waals surface area contributed by atoms with Gasteiger partial charge in [0.2, 0.25) is 0 Å². The maximum atomic E-state index is 14.5. The highest BCUT2D eigenvalue weighted by atomic mass is 19.1. The third-order valence-corrected chi connectivity index (χ3v) is 3.20. The molecule has 1 aromatic rings. The highest BCUT2D eigenvalue weighted by molar-refractivity contribution is 5.13. The molecule has 1 saturated heterocycles. The van der Waals surface area contributed by atoms with E-state index in [1.165, 1.54) is 19.2 Å². The van der Waals surface area contributed by atoms with E-state index in [1.807, 2.05) is 0 Å². The zero-order chi connectivity index (χ0) is 11.4. The second-order valence-electron chi connectivity index (χ2n) is 4.68. The molecule has 0 aromatic carbocycles. The van der Waals surface area contributed by atoms with Gasteiger partial charge in [-0.3, -0.25) is 0 Å². The fourth-order valence-electron chi connectivity index (χ4n) is 2.25. The van der Waals surface area contributed by atoms with Crippen LogP contribution in [0.25, 0.3) is 0 Å². The summed E-state index contributed by atoms with van der Waals surface area (Å²) in [6.45, 7) is 2.62. The van der Waals surface area contributed by atoms with Crippen LogP contribution >= 0.6 is 0 Å². The van der Waals surface area contributed by atoms with Crippen LogP contribution in [0.3, 0.4) is 0 Å². The average Bonchev–Trinajstić information content (AvgIpc) is 2.31. The van der Waals surface area contributed by atoms with Gasteiger partial charge in [-0.15, -0.1) is 0 Å². The molecule has 4 heteroatoms. The van der Waals surface area contributed by atoms with Crippen molar-refractivity contribution in [3.05, 3.63) is 24.3 Å². The lowest BCUT2D eigenvalue weighted by atomic mass is 9.89. The van der Waals surface area contributed by atoms with E-state index in [4.69, 9.17) is 0 Å². The topological polar surface area (TPSA) is 37.8 Å². The Kier molecular flexibility index (Phi) is 3.49. The Morgan fingerprint density at radius 2 is 2.19 bits per heavy atom. The maximum Gasteiger partial charge on any atom is 0.137 e. The molecule has 1 aromatic heterocycles. The van der Waals surface area contributed by atoms with E-state index >= 15 is 0 Å². The number of nitrogens with one attached hydrogen (secondary N) is 1. The van der Waals surface area contributed by atoms with Crippen molar-refractivity contribution >= 4 is 0 Å². The van der Waals surface area contributed by atoms with Crippen LogP contribution in [-0.4, -0.2) is 22.6 Å². The lowest BCUT2D eigenvalue weighted by Crippen LogP contribution is -2.38. The van der Waals surface area contributed by atoms with Crippen molar-refractivity contribution in [1.29, 1.82) is 0 Å². The number of rotatable bonds is 3. The molecule has 0 radical (unpaired) electrons. The number of halogens is 1. The van der Waals surface area contributed by atoms with Gasteiger partial charge in [-0.25, -0.2) is 14.4 Å². The predicted molar refractivity (Wildman–Crippen MR) is 60.8 cm³/mol. The highest BCUT2D eigenvalue weighted by Gasteiger charge is 2.30. The average molecular weight is 223 g/mol. The lowest BCUT2D eigenvalue weighted by molar-refractivity contribution is 0.145. The van der Waals surface area contributed by atoms with Crippen LogP contribution in [-0.2, 0) is 5.67 Å². The van der Waals surface area contributed by atoms with Gasteiger partial charge in [0.25, 0.3) is 0 Å². The van der Waals surface area contributed by atoms with Crippen LogP contribution in [0, 0.1) is 0 Å². The summed E-state index contributed by atoms with van der Waals surface area (Å²) in [4.78, 5) is 7.75. The van der Waals surface area contributed by atoms with Crippen LogP contribution in [0.4, 0.5) is 4.39 Å². The van der Waals surface area contributed by atoms with Gasteiger partial charge in [0.05, 0.1) is 0 Å². The fourth-order valence-corrected chi connectivity index (χ4v) is 2.25. The minimum absolute atomic E-state index is 0.281. The number of alkyl halides is 1. The minimum atomic E-state index is -1.34. The molecule has 0 aliphatic carbocycles. The van der Waals surface area contributed by atoms with Crippen molar-refractivity contribution in [2.24, 2.45) is 0 Å². The Morgan fingerprint density at radius 3 is 2.81 bits per heavy atom. The first-order chi connectivity index (χ1) is 7.68. The molecule has 2 atom stereocenters. The normalized spacial score (nSPS) is 25.0. The predicted octanol–water partition coefficient (Wildman–Crippen LogP) is 2.19. The molecule has 2 unspecified atom stereocenters. The summed E-state index contributed by atoms with van der Waals surface area (Å²) in [5, 5.41) is 3.36. The van der Waals surface area contributed by atoms with Gasteiger partial charge in [-0.1, -0.05) is 6.42 Å². The fraction of sp³-hybridized carbons (Fsp3) is 0.667. The Hall–Kier alpha value is -1.03. The molecule has 3 nitrogen and oxygen atoms in total. The van der Waals surface area contributed by atoms with Crippen molar-refractivity contribution in [1.82, 2.24) is 15.3 Å². The number of hydrogen-bond donors (Lipinski definition) is 1. The number of nitrogens with zero attached hydrogens (tertiary/aromatic N) is 2. The smallest absolute Gasteiger partial charge is 0.137 e. The molecular formula is C12H18FN3. The summed E-state index contributed by atoms with van der Waals surface area (Å²) in [6, 6.07) is 0.281. The molecule has 1 aliphatic rings. The molecule has 0 spiro atoms. The van der Waals surface area contributed by atoms with E-state index in [9.17, 15) is 4.39 Å². The van der Waals surface area contributed by atoms with E-state index in [1.54, 1.807) is 19.3 Å². The summed E-state index contributed by atoms with van der Waals surface area (Å²) >= 11 is 0. The van der Waals surface area contributed by atoms with E-state index in [0.29, 0.717) is 12.0 Å². The maximum absolute atomic E-state index is 14.5. The van der Waals surface area contributed by atoms with Crippen molar-refractivity contribution < 1.29 is 4.39 Å².